The smallest absolute Gasteiger partial charge is 0.133 e. The first-order chi connectivity index (χ1) is 15.2. The number of benzene rings is 2. The van der Waals surface area contributed by atoms with E-state index in [2.05, 4.69) is 58.2 Å². The van der Waals surface area contributed by atoms with Crippen molar-refractivity contribution < 1.29 is 0 Å². The second-order valence-electron chi connectivity index (χ2n) is 8.97. The molecule has 0 radical (unpaired) electrons. The number of hydrogen-bond donors (Lipinski definition) is 1. The monoisotopic (exact) mass is 434 g/mol. The Morgan fingerprint density at radius 2 is 1.87 bits per heavy atom. The molecule has 0 aliphatic carbocycles. The summed E-state index contributed by atoms with van der Waals surface area (Å²) in [7, 11) is 0. The molecular weight excluding hydrogens is 404 g/mol. The van der Waals surface area contributed by atoms with E-state index in [1.165, 1.54) is 53.9 Å². The van der Waals surface area contributed by atoms with Gasteiger partial charge in [-0.2, -0.15) is 5.10 Å². The number of nitrogens with zero attached hydrogens (tertiary/aromatic N) is 3. The molecule has 4 nitrogen and oxygen atoms in total. The molecule has 1 saturated heterocycles. The van der Waals surface area contributed by atoms with Gasteiger partial charge in [-0.25, -0.2) is 4.68 Å². The maximum atomic E-state index is 6.35. The van der Waals surface area contributed by atoms with Crippen LogP contribution in [0.4, 0.5) is 5.82 Å². The fourth-order valence-electron chi connectivity index (χ4n) is 5.05. The standard InChI is InChI=1S/C26H31ClN4/c1-19-10-11-22(27)17-24(19)31-26-23(9-5-6-14-28-26)25(29-31)21-12-15-30(16-13-21)18-20-7-3-2-4-8-20/h2-4,7-8,10-11,17,21,28H,5-6,9,12-16,18H2,1H3. The van der Waals surface area contributed by atoms with E-state index in [4.69, 9.17) is 16.7 Å². The van der Waals surface area contributed by atoms with E-state index in [0.29, 0.717) is 5.92 Å². The molecule has 2 aliphatic rings. The maximum Gasteiger partial charge on any atom is 0.133 e. The highest BCUT2D eigenvalue weighted by Crippen LogP contribution is 2.37. The Hall–Kier alpha value is -2.30. The van der Waals surface area contributed by atoms with E-state index in [1.807, 2.05) is 12.1 Å². The average Bonchev–Trinajstić information content (AvgIpc) is 2.97. The van der Waals surface area contributed by atoms with Crippen LogP contribution in [0.5, 0.6) is 0 Å². The van der Waals surface area contributed by atoms with Gasteiger partial charge in [0.05, 0.1) is 11.4 Å². The van der Waals surface area contributed by atoms with Crippen LogP contribution >= 0.6 is 11.6 Å². The fraction of sp³-hybridized carbons (Fsp3) is 0.423. The van der Waals surface area contributed by atoms with Crippen LogP contribution in [0.25, 0.3) is 5.69 Å². The van der Waals surface area contributed by atoms with Crippen LogP contribution in [0.2, 0.25) is 5.02 Å². The molecule has 0 saturated carbocycles. The molecule has 3 heterocycles. The summed E-state index contributed by atoms with van der Waals surface area (Å²) >= 11 is 6.35. The van der Waals surface area contributed by atoms with Crippen molar-refractivity contribution in [2.45, 2.75) is 51.5 Å². The molecule has 1 aromatic heterocycles. The topological polar surface area (TPSA) is 33.1 Å². The molecule has 2 aromatic carbocycles. The third-order valence-corrected chi connectivity index (χ3v) is 7.02. The molecule has 2 aliphatic heterocycles. The van der Waals surface area contributed by atoms with Gasteiger partial charge < -0.3 is 5.32 Å². The Labute approximate surface area is 190 Å². The molecule has 5 heteroatoms. The van der Waals surface area contributed by atoms with Crippen LogP contribution in [-0.2, 0) is 13.0 Å². The highest BCUT2D eigenvalue weighted by Gasteiger charge is 2.29. The Balaban J connectivity index is 1.41. The van der Waals surface area contributed by atoms with Crippen molar-refractivity contribution >= 4 is 17.4 Å². The molecule has 0 unspecified atom stereocenters. The second kappa shape index (κ2) is 9.05. The van der Waals surface area contributed by atoms with Crippen LogP contribution in [0.15, 0.2) is 48.5 Å². The van der Waals surface area contributed by atoms with Crippen molar-refractivity contribution in [3.8, 4) is 5.69 Å². The quantitative estimate of drug-likeness (QED) is 0.549. The van der Waals surface area contributed by atoms with Crippen molar-refractivity contribution in [1.29, 1.82) is 0 Å². The molecule has 0 spiro atoms. The maximum absolute atomic E-state index is 6.35. The van der Waals surface area contributed by atoms with Gasteiger partial charge >= 0.3 is 0 Å². The number of piperidine rings is 1. The summed E-state index contributed by atoms with van der Waals surface area (Å²) in [4.78, 5) is 2.58. The number of anilines is 1. The Kier molecular flexibility index (Phi) is 6.02. The van der Waals surface area contributed by atoms with Gasteiger partial charge in [-0.3, -0.25) is 4.90 Å². The normalized spacial score (nSPS) is 17.7. The van der Waals surface area contributed by atoms with Gasteiger partial charge in [0.1, 0.15) is 5.82 Å². The zero-order valence-corrected chi connectivity index (χ0v) is 19.0. The number of rotatable bonds is 4. The van der Waals surface area contributed by atoms with Gasteiger partial charge in [-0.1, -0.05) is 48.0 Å². The van der Waals surface area contributed by atoms with Crippen molar-refractivity contribution in [3.05, 3.63) is 75.9 Å². The summed E-state index contributed by atoms with van der Waals surface area (Å²) in [6, 6.07) is 16.9. The van der Waals surface area contributed by atoms with Gasteiger partial charge in [-0.05, 0) is 75.4 Å². The van der Waals surface area contributed by atoms with Crippen LogP contribution in [0.1, 0.15) is 54.0 Å². The lowest BCUT2D eigenvalue weighted by atomic mass is 9.90. The van der Waals surface area contributed by atoms with Crippen LogP contribution in [0.3, 0.4) is 0 Å². The number of aromatic nitrogens is 2. The molecule has 0 amide bonds. The first-order valence-corrected chi connectivity index (χ1v) is 12.0. The molecule has 0 atom stereocenters. The third kappa shape index (κ3) is 4.37. The first-order valence-electron chi connectivity index (χ1n) is 11.6. The van der Waals surface area contributed by atoms with Crippen molar-refractivity contribution in [2.75, 3.05) is 25.0 Å². The van der Waals surface area contributed by atoms with Crippen molar-refractivity contribution in [3.63, 3.8) is 0 Å². The average molecular weight is 435 g/mol. The summed E-state index contributed by atoms with van der Waals surface area (Å²) < 4.78 is 2.13. The lowest BCUT2D eigenvalue weighted by Gasteiger charge is -2.31. The highest BCUT2D eigenvalue weighted by molar-refractivity contribution is 6.30. The molecule has 162 valence electrons. The first kappa shape index (κ1) is 20.6. The van der Waals surface area contributed by atoms with Crippen LogP contribution < -0.4 is 5.32 Å². The number of hydrogen-bond acceptors (Lipinski definition) is 3. The second-order valence-corrected chi connectivity index (χ2v) is 9.41. The van der Waals surface area contributed by atoms with Gasteiger partial charge in [0.2, 0.25) is 0 Å². The summed E-state index contributed by atoms with van der Waals surface area (Å²) in [5.74, 6) is 1.71. The fourth-order valence-corrected chi connectivity index (χ4v) is 5.21. The van der Waals surface area contributed by atoms with Gasteiger partial charge in [0.15, 0.2) is 0 Å². The molecule has 31 heavy (non-hydrogen) atoms. The highest BCUT2D eigenvalue weighted by atomic mass is 35.5. The minimum absolute atomic E-state index is 0.529. The van der Waals surface area contributed by atoms with E-state index in [-0.39, 0.29) is 0 Å². The minimum atomic E-state index is 0.529. The van der Waals surface area contributed by atoms with E-state index in [9.17, 15) is 0 Å². The van der Waals surface area contributed by atoms with Crippen LogP contribution in [0, 0.1) is 6.92 Å². The SMILES string of the molecule is Cc1ccc(Cl)cc1-n1nc(C2CCN(Cc3ccccc3)CC2)c2c1NCCCC2. The van der Waals surface area contributed by atoms with E-state index in [1.54, 1.807) is 0 Å². The van der Waals surface area contributed by atoms with Crippen molar-refractivity contribution in [2.24, 2.45) is 0 Å². The predicted octanol–water partition coefficient (Wildman–Crippen LogP) is 5.96. The number of nitrogens with one attached hydrogen (secondary N) is 1. The van der Waals surface area contributed by atoms with E-state index < -0.39 is 0 Å². The van der Waals surface area contributed by atoms with E-state index in [0.717, 1.165) is 43.3 Å². The molecule has 1 N–H and O–H groups in total. The van der Waals surface area contributed by atoms with Gasteiger partial charge in [0.25, 0.3) is 0 Å². The molecule has 3 aromatic rings. The van der Waals surface area contributed by atoms with Crippen LogP contribution in [-0.4, -0.2) is 34.3 Å². The number of aryl methyl sites for hydroxylation is 1. The Bertz CT molecular complexity index is 1040. The molecule has 1 fully saturated rings. The number of likely N-dealkylation sites (tertiary alicyclic amines) is 1. The minimum Gasteiger partial charge on any atom is -0.370 e. The number of fused-ring (bicyclic) bond motifs is 1. The Morgan fingerprint density at radius 1 is 1.06 bits per heavy atom. The molecule has 5 rings (SSSR count). The molecular formula is C26H31ClN4. The third-order valence-electron chi connectivity index (χ3n) is 6.78. The Morgan fingerprint density at radius 3 is 2.68 bits per heavy atom. The molecule has 0 bridgehead atoms. The van der Waals surface area contributed by atoms with E-state index >= 15 is 0 Å². The lowest BCUT2D eigenvalue weighted by Crippen LogP contribution is -2.32. The summed E-state index contributed by atoms with van der Waals surface area (Å²) in [5, 5.41) is 9.66. The van der Waals surface area contributed by atoms with Crippen molar-refractivity contribution in [1.82, 2.24) is 14.7 Å². The zero-order valence-electron chi connectivity index (χ0n) is 18.3. The summed E-state index contributed by atoms with van der Waals surface area (Å²) in [6.07, 6.45) is 5.88. The summed E-state index contributed by atoms with van der Waals surface area (Å²) in [5.41, 5.74) is 6.43. The van der Waals surface area contributed by atoms with Gasteiger partial charge in [0, 0.05) is 29.6 Å². The summed E-state index contributed by atoms with van der Waals surface area (Å²) in [6.45, 7) is 6.45. The zero-order chi connectivity index (χ0) is 21.2. The van der Waals surface area contributed by atoms with Gasteiger partial charge in [-0.15, -0.1) is 0 Å². The predicted molar refractivity (Wildman–Crippen MR) is 128 cm³/mol. The largest absolute Gasteiger partial charge is 0.370 e. The number of halogens is 1. The lowest BCUT2D eigenvalue weighted by molar-refractivity contribution is 0.203.